The minimum absolute atomic E-state index is 0.0807. The normalized spacial score (nSPS) is 16.3. The van der Waals surface area contributed by atoms with Crippen molar-refractivity contribution in [2.24, 2.45) is 0 Å². The highest BCUT2D eigenvalue weighted by Crippen LogP contribution is 2.25. The molecule has 1 aliphatic heterocycles. The largest absolute Gasteiger partial charge is 0.351 e. The van der Waals surface area contributed by atoms with E-state index in [1.165, 1.54) is 22.6 Å². The molecule has 0 atom stereocenters. The summed E-state index contributed by atoms with van der Waals surface area (Å²) in [5.74, 6) is -0.0691. The monoisotopic (exact) mass is 416 g/mol. The van der Waals surface area contributed by atoms with Gasteiger partial charge in [-0.05, 0) is 26.0 Å². The number of nitrogens with one attached hydrogen (secondary N) is 1. The number of amides is 2. The van der Waals surface area contributed by atoms with Crippen molar-refractivity contribution < 1.29 is 18.0 Å². The number of piperazine rings is 1. The Balaban J connectivity index is 1.92. The van der Waals surface area contributed by atoms with Crippen LogP contribution in [0.4, 0.5) is 0 Å². The fourth-order valence-corrected chi connectivity index (χ4v) is 5.80. The van der Waals surface area contributed by atoms with Gasteiger partial charge in [0, 0.05) is 51.1 Å². The number of likely N-dealkylation sites (N-methyl/N-ethyl adjacent to an activating group) is 1. The Kier molecular flexibility index (Phi) is 7.78. The van der Waals surface area contributed by atoms with E-state index in [-0.39, 0.29) is 16.0 Å². The molecule has 1 N–H and O–H groups in total. The molecule has 1 fully saturated rings. The number of carbonyl (C=O) groups excluding carboxylic acids is 2. The maximum absolute atomic E-state index is 12.8. The maximum Gasteiger partial charge on any atom is 0.252 e. The van der Waals surface area contributed by atoms with Gasteiger partial charge < -0.3 is 10.2 Å². The smallest absolute Gasteiger partial charge is 0.252 e. The molecule has 0 radical (unpaired) electrons. The molecular weight excluding hydrogens is 388 g/mol. The summed E-state index contributed by atoms with van der Waals surface area (Å²) in [5, 5.41) is 2.67. The lowest BCUT2D eigenvalue weighted by Gasteiger charge is -2.34. The fraction of sp³-hybridized carbons (Fsp3) is 0.647. The summed E-state index contributed by atoms with van der Waals surface area (Å²) in [6, 6.07) is 3.32. The van der Waals surface area contributed by atoms with E-state index in [2.05, 4.69) is 5.32 Å². The lowest BCUT2D eigenvalue weighted by atomic mass is 10.3. The molecule has 27 heavy (non-hydrogen) atoms. The van der Waals surface area contributed by atoms with Gasteiger partial charge in [0.1, 0.15) is 4.21 Å². The molecule has 8 nitrogen and oxygen atoms in total. The first-order valence-electron chi connectivity index (χ1n) is 9.11. The highest BCUT2D eigenvalue weighted by atomic mass is 32.2. The van der Waals surface area contributed by atoms with Gasteiger partial charge in [0.25, 0.3) is 10.0 Å². The summed E-state index contributed by atoms with van der Waals surface area (Å²) in [6.07, 6.45) is 0. The second kappa shape index (κ2) is 9.63. The molecule has 0 unspecified atom stereocenters. The third kappa shape index (κ3) is 5.74. The zero-order valence-electron chi connectivity index (χ0n) is 16.1. The fourth-order valence-electron chi connectivity index (χ4n) is 2.93. The van der Waals surface area contributed by atoms with E-state index in [9.17, 15) is 18.0 Å². The molecule has 1 aromatic heterocycles. The van der Waals surface area contributed by atoms with E-state index in [4.69, 9.17) is 0 Å². The predicted molar refractivity (Wildman–Crippen MR) is 105 cm³/mol. The molecule has 2 heterocycles. The molecule has 2 amide bonds. The molecule has 0 bridgehead atoms. The standard InChI is InChI=1S/C17H28N4O4S2/c1-4-20(5-2)16(23)13-19-8-10-21(11-9-19)27(24,25)17-7-6-15(26-17)12-18-14(3)22/h6-7H,4-5,8-13H2,1-3H3,(H,18,22). The zero-order chi connectivity index (χ0) is 20.0. The van der Waals surface area contributed by atoms with Gasteiger partial charge in [-0.2, -0.15) is 4.31 Å². The van der Waals surface area contributed by atoms with E-state index in [0.717, 1.165) is 4.88 Å². The molecule has 10 heteroatoms. The van der Waals surface area contributed by atoms with Crippen LogP contribution in [0.5, 0.6) is 0 Å². The third-order valence-corrected chi connectivity index (χ3v) is 8.00. The van der Waals surface area contributed by atoms with Crippen molar-refractivity contribution in [1.82, 2.24) is 19.4 Å². The van der Waals surface area contributed by atoms with Crippen LogP contribution in [0.1, 0.15) is 25.6 Å². The molecule has 1 aromatic rings. The highest BCUT2D eigenvalue weighted by Gasteiger charge is 2.30. The van der Waals surface area contributed by atoms with Gasteiger partial charge in [-0.1, -0.05) is 0 Å². The first kappa shape index (κ1) is 21.8. The van der Waals surface area contributed by atoms with Crippen LogP contribution < -0.4 is 5.32 Å². The second-order valence-electron chi connectivity index (χ2n) is 6.38. The van der Waals surface area contributed by atoms with Gasteiger partial charge in [0.05, 0.1) is 13.1 Å². The highest BCUT2D eigenvalue weighted by molar-refractivity contribution is 7.91. The third-order valence-electron chi connectivity index (χ3n) is 4.55. The number of thiophene rings is 1. The van der Waals surface area contributed by atoms with Gasteiger partial charge in [-0.25, -0.2) is 8.42 Å². The van der Waals surface area contributed by atoms with E-state index in [1.807, 2.05) is 18.7 Å². The van der Waals surface area contributed by atoms with E-state index >= 15 is 0 Å². The molecule has 0 aliphatic carbocycles. The van der Waals surface area contributed by atoms with Crippen LogP contribution >= 0.6 is 11.3 Å². The average molecular weight is 417 g/mol. The van der Waals surface area contributed by atoms with Crippen molar-refractivity contribution in [3.8, 4) is 0 Å². The quantitative estimate of drug-likeness (QED) is 0.669. The van der Waals surface area contributed by atoms with Gasteiger partial charge in [-0.15, -0.1) is 11.3 Å². The van der Waals surface area contributed by atoms with Crippen LogP contribution in [0, 0.1) is 0 Å². The number of rotatable bonds is 8. The minimum atomic E-state index is -3.54. The van der Waals surface area contributed by atoms with Crippen molar-refractivity contribution in [1.29, 1.82) is 0 Å². The van der Waals surface area contributed by atoms with Crippen LogP contribution in [0.3, 0.4) is 0 Å². The Hall–Kier alpha value is -1.49. The summed E-state index contributed by atoms with van der Waals surface area (Å²) in [4.78, 5) is 27.8. The van der Waals surface area contributed by atoms with Crippen LogP contribution in [0.25, 0.3) is 0 Å². The summed E-state index contributed by atoms with van der Waals surface area (Å²) in [5.41, 5.74) is 0. The Morgan fingerprint density at radius 2 is 1.78 bits per heavy atom. The van der Waals surface area contributed by atoms with Crippen molar-refractivity contribution in [3.05, 3.63) is 17.0 Å². The number of hydrogen-bond donors (Lipinski definition) is 1. The Bertz CT molecular complexity index is 751. The number of hydrogen-bond acceptors (Lipinski definition) is 6. The number of sulfonamides is 1. The Morgan fingerprint density at radius 1 is 1.15 bits per heavy atom. The van der Waals surface area contributed by atoms with Crippen LogP contribution in [0.15, 0.2) is 16.3 Å². The van der Waals surface area contributed by atoms with Crippen LogP contribution in [-0.2, 0) is 26.2 Å². The molecule has 152 valence electrons. The first-order chi connectivity index (χ1) is 12.8. The molecule has 0 saturated carbocycles. The lowest BCUT2D eigenvalue weighted by Crippen LogP contribution is -2.51. The zero-order valence-corrected chi connectivity index (χ0v) is 17.7. The van der Waals surface area contributed by atoms with E-state index in [0.29, 0.717) is 52.4 Å². The van der Waals surface area contributed by atoms with Crippen molar-refractivity contribution in [3.63, 3.8) is 0 Å². The SMILES string of the molecule is CCN(CC)C(=O)CN1CCN(S(=O)(=O)c2ccc(CNC(C)=O)s2)CC1. The second-order valence-corrected chi connectivity index (χ2v) is 9.71. The van der Waals surface area contributed by atoms with E-state index in [1.54, 1.807) is 17.0 Å². The predicted octanol–water partition coefficient (Wildman–Crippen LogP) is 0.559. The Labute approximate surface area is 165 Å². The lowest BCUT2D eigenvalue weighted by molar-refractivity contribution is -0.132. The summed E-state index contributed by atoms with van der Waals surface area (Å²) < 4.78 is 27.4. The van der Waals surface area contributed by atoms with Gasteiger partial charge >= 0.3 is 0 Å². The van der Waals surface area contributed by atoms with Gasteiger partial charge in [0.15, 0.2) is 0 Å². The van der Waals surface area contributed by atoms with Gasteiger partial charge in [0.2, 0.25) is 11.8 Å². The maximum atomic E-state index is 12.8. The first-order valence-corrected chi connectivity index (χ1v) is 11.4. The van der Waals surface area contributed by atoms with Crippen molar-refractivity contribution >= 4 is 33.2 Å². The van der Waals surface area contributed by atoms with Crippen LogP contribution in [0.2, 0.25) is 0 Å². The van der Waals surface area contributed by atoms with Crippen molar-refractivity contribution in [2.75, 3.05) is 45.8 Å². The summed E-state index contributed by atoms with van der Waals surface area (Å²) in [6.45, 7) is 9.17. The minimum Gasteiger partial charge on any atom is -0.351 e. The average Bonchev–Trinajstić information content (AvgIpc) is 3.11. The Morgan fingerprint density at radius 3 is 2.33 bits per heavy atom. The molecule has 1 aliphatic rings. The topological polar surface area (TPSA) is 90.0 Å². The summed E-state index contributed by atoms with van der Waals surface area (Å²) >= 11 is 1.18. The molecule has 0 aromatic carbocycles. The number of nitrogens with zero attached hydrogens (tertiary/aromatic N) is 3. The molecule has 2 rings (SSSR count). The van der Waals surface area contributed by atoms with Crippen LogP contribution in [-0.4, -0.2) is 80.2 Å². The molecule has 0 spiro atoms. The van der Waals surface area contributed by atoms with Crippen molar-refractivity contribution in [2.45, 2.75) is 31.5 Å². The number of carbonyl (C=O) groups is 2. The van der Waals surface area contributed by atoms with Gasteiger partial charge in [-0.3, -0.25) is 14.5 Å². The summed E-state index contributed by atoms with van der Waals surface area (Å²) in [7, 11) is -3.54. The van der Waals surface area contributed by atoms with E-state index < -0.39 is 10.0 Å². The molecular formula is C17H28N4O4S2. The molecule has 1 saturated heterocycles.